The molecule has 7 nitrogen and oxygen atoms in total. The van der Waals surface area contributed by atoms with Crippen molar-refractivity contribution in [2.24, 2.45) is 0 Å². The average molecular weight is 515 g/mol. The number of hydrogen-bond donors (Lipinski definition) is 1. The fourth-order valence-electron chi connectivity index (χ4n) is 3.69. The lowest BCUT2D eigenvalue weighted by Crippen LogP contribution is -2.42. The number of carbonyl (C=O) groups excluding carboxylic acids is 1. The highest BCUT2D eigenvalue weighted by atomic mass is 32.2. The molecule has 9 heteroatoms. The SMILES string of the molecule is CCc1ccccc1N(CC(=O)NC(C)c1ccc(S(C)(=O)=O)cc1)S(=O)(=O)c1ccc(C)cc1. The third kappa shape index (κ3) is 6.29. The van der Waals surface area contributed by atoms with Crippen LogP contribution in [-0.4, -0.2) is 35.5 Å². The van der Waals surface area contributed by atoms with Gasteiger partial charge in [0, 0.05) is 6.26 Å². The Kier molecular flexibility index (Phi) is 8.02. The highest BCUT2D eigenvalue weighted by Gasteiger charge is 2.29. The standard InChI is InChI=1S/C26H30N2O5S2/c1-5-21-8-6-7-9-25(21)28(35(32,33)24-14-10-19(2)11-15-24)18-26(29)27-20(3)22-12-16-23(17-13-22)34(4,30)31/h6-17,20H,5,18H2,1-4H3,(H,27,29). The number of rotatable bonds is 9. The fourth-order valence-corrected chi connectivity index (χ4v) is 5.78. The molecule has 35 heavy (non-hydrogen) atoms. The van der Waals surface area contributed by atoms with Gasteiger partial charge in [-0.25, -0.2) is 16.8 Å². The van der Waals surface area contributed by atoms with E-state index in [2.05, 4.69) is 5.32 Å². The number of sulfone groups is 1. The molecule has 0 bridgehead atoms. The Bertz CT molecular complexity index is 1400. The molecule has 1 amide bonds. The van der Waals surface area contributed by atoms with E-state index in [1.807, 2.05) is 26.0 Å². The molecule has 0 saturated heterocycles. The van der Waals surface area contributed by atoms with Crippen molar-refractivity contribution in [1.29, 1.82) is 0 Å². The van der Waals surface area contributed by atoms with Crippen molar-refractivity contribution in [3.05, 3.63) is 89.5 Å². The van der Waals surface area contributed by atoms with Crippen LogP contribution in [0.1, 0.15) is 36.6 Å². The zero-order chi connectivity index (χ0) is 25.8. The molecule has 0 aliphatic heterocycles. The molecule has 0 spiro atoms. The monoisotopic (exact) mass is 514 g/mol. The normalized spacial score (nSPS) is 12.7. The second kappa shape index (κ2) is 10.6. The van der Waals surface area contributed by atoms with Crippen LogP contribution in [0, 0.1) is 6.92 Å². The third-order valence-electron chi connectivity index (χ3n) is 5.72. The van der Waals surface area contributed by atoms with Gasteiger partial charge in [-0.2, -0.15) is 0 Å². The van der Waals surface area contributed by atoms with Gasteiger partial charge in [-0.3, -0.25) is 9.10 Å². The second-order valence-electron chi connectivity index (χ2n) is 8.44. The summed E-state index contributed by atoms with van der Waals surface area (Å²) in [4.78, 5) is 13.3. The molecule has 1 atom stereocenters. The van der Waals surface area contributed by atoms with Gasteiger partial charge in [-0.15, -0.1) is 0 Å². The van der Waals surface area contributed by atoms with E-state index in [1.165, 1.54) is 24.3 Å². The van der Waals surface area contributed by atoms with Crippen LogP contribution in [0.5, 0.6) is 0 Å². The van der Waals surface area contributed by atoms with Gasteiger partial charge >= 0.3 is 0 Å². The summed E-state index contributed by atoms with van der Waals surface area (Å²) in [6.07, 6.45) is 1.73. The molecule has 0 aliphatic rings. The van der Waals surface area contributed by atoms with Gasteiger partial charge in [0.15, 0.2) is 9.84 Å². The molecule has 1 unspecified atom stereocenters. The summed E-state index contributed by atoms with van der Waals surface area (Å²) in [5, 5.41) is 2.83. The first-order chi connectivity index (χ1) is 16.4. The lowest BCUT2D eigenvalue weighted by Gasteiger charge is -2.27. The zero-order valence-electron chi connectivity index (χ0n) is 20.2. The Labute approximate surface area is 207 Å². The van der Waals surface area contributed by atoms with Crippen LogP contribution < -0.4 is 9.62 Å². The summed E-state index contributed by atoms with van der Waals surface area (Å²) in [6, 6.07) is 19.4. The fraction of sp³-hybridized carbons (Fsp3) is 0.269. The number of anilines is 1. The number of benzene rings is 3. The predicted octanol–water partition coefficient (Wildman–Crippen LogP) is 4.03. The van der Waals surface area contributed by atoms with E-state index in [9.17, 15) is 21.6 Å². The number of nitrogens with one attached hydrogen (secondary N) is 1. The summed E-state index contributed by atoms with van der Waals surface area (Å²) in [7, 11) is -7.34. The molecule has 0 saturated carbocycles. The molecule has 3 aromatic rings. The van der Waals surface area contributed by atoms with E-state index < -0.39 is 38.4 Å². The van der Waals surface area contributed by atoms with E-state index in [4.69, 9.17) is 0 Å². The molecule has 3 rings (SSSR count). The average Bonchev–Trinajstić information content (AvgIpc) is 2.82. The van der Waals surface area contributed by atoms with E-state index >= 15 is 0 Å². The van der Waals surface area contributed by atoms with Gasteiger partial charge in [0.1, 0.15) is 6.54 Å². The summed E-state index contributed by atoms with van der Waals surface area (Å²) in [5.74, 6) is -0.480. The lowest BCUT2D eigenvalue weighted by atomic mass is 10.1. The number of hydrogen-bond acceptors (Lipinski definition) is 5. The Morgan fingerprint density at radius 3 is 2.03 bits per heavy atom. The van der Waals surface area contributed by atoms with Crippen molar-refractivity contribution >= 4 is 31.5 Å². The van der Waals surface area contributed by atoms with E-state index in [-0.39, 0.29) is 9.79 Å². The predicted molar refractivity (Wildman–Crippen MR) is 138 cm³/mol. The van der Waals surface area contributed by atoms with E-state index in [0.717, 1.165) is 21.7 Å². The van der Waals surface area contributed by atoms with Gasteiger partial charge in [0.05, 0.1) is 21.5 Å². The zero-order valence-corrected chi connectivity index (χ0v) is 21.9. The Morgan fingerprint density at radius 1 is 0.886 bits per heavy atom. The quantitative estimate of drug-likeness (QED) is 0.465. The van der Waals surface area contributed by atoms with Crippen molar-refractivity contribution in [3.63, 3.8) is 0 Å². The summed E-state index contributed by atoms with van der Waals surface area (Å²) < 4.78 is 51.8. The number of sulfonamides is 1. The number of nitrogens with zero attached hydrogens (tertiary/aromatic N) is 1. The molecule has 0 aliphatic carbocycles. The van der Waals surface area contributed by atoms with Crippen LogP contribution >= 0.6 is 0 Å². The molecule has 3 aromatic carbocycles. The van der Waals surface area contributed by atoms with E-state index in [1.54, 1.807) is 43.3 Å². The molecule has 1 N–H and O–H groups in total. The molecule has 0 radical (unpaired) electrons. The third-order valence-corrected chi connectivity index (χ3v) is 8.63. The maximum atomic E-state index is 13.6. The molecular weight excluding hydrogens is 484 g/mol. The number of carbonyl (C=O) groups is 1. The van der Waals surface area contributed by atoms with Gasteiger partial charge in [-0.1, -0.05) is 55.0 Å². The van der Waals surface area contributed by atoms with Gasteiger partial charge in [-0.05, 0) is 61.7 Å². The summed E-state index contributed by atoms with van der Waals surface area (Å²) in [6.45, 7) is 5.15. The van der Waals surface area contributed by atoms with Crippen molar-refractivity contribution in [2.75, 3.05) is 17.1 Å². The first-order valence-corrected chi connectivity index (χ1v) is 14.5. The van der Waals surface area contributed by atoms with Crippen molar-refractivity contribution in [1.82, 2.24) is 5.32 Å². The van der Waals surface area contributed by atoms with Crippen LogP contribution in [0.25, 0.3) is 0 Å². The highest BCUT2D eigenvalue weighted by molar-refractivity contribution is 7.93. The van der Waals surface area contributed by atoms with E-state index in [0.29, 0.717) is 17.7 Å². The number of amides is 1. The van der Waals surface area contributed by atoms with Gasteiger partial charge in [0.25, 0.3) is 10.0 Å². The smallest absolute Gasteiger partial charge is 0.264 e. The molecular formula is C26H30N2O5S2. The lowest BCUT2D eigenvalue weighted by molar-refractivity contribution is -0.120. The Morgan fingerprint density at radius 2 is 1.46 bits per heavy atom. The first kappa shape index (κ1) is 26.4. The minimum atomic E-state index is -4.02. The largest absolute Gasteiger partial charge is 0.348 e. The van der Waals surface area contributed by atoms with Crippen molar-refractivity contribution in [3.8, 4) is 0 Å². The van der Waals surface area contributed by atoms with Gasteiger partial charge in [0.2, 0.25) is 5.91 Å². The van der Waals surface area contributed by atoms with Crippen LogP contribution in [-0.2, 0) is 31.1 Å². The van der Waals surface area contributed by atoms with Crippen LogP contribution in [0.3, 0.4) is 0 Å². The number of aryl methyl sites for hydroxylation is 2. The summed E-state index contributed by atoms with van der Waals surface area (Å²) in [5.41, 5.74) is 2.89. The maximum absolute atomic E-state index is 13.6. The molecule has 0 fully saturated rings. The maximum Gasteiger partial charge on any atom is 0.264 e. The Balaban J connectivity index is 1.90. The van der Waals surface area contributed by atoms with Crippen molar-refractivity contribution in [2.45, 2.75) is 43.0 Å². The number of para-hydroxylation sites is 1. The topological polar surface area (TPSA) is 101 Å². The second-order valence-corrected chi connectivity index (χ2v) is 12.3. The Hall–Kier alpha value is -3.17. The molecule has 0 aromatic heterocycles. The summed E-state index contributed by atoms with van der Waals surface area (Å²) >= 11 is 0. The van der Waals surface area contributed by atoms with Crippen molar-refractivity contribution < 1.29 is 21.6 Å². The van der Waals surface area contributed by atoms with Gasteiger partial charge < -0.3 is 5.32 Å². The molecule has 186 valence electrons. The van der Waals surface area contributed by atoms with Crippen LogP contribution in [0.15, 0.2) is 82.6 Å². The minimum absolute atomic E-state index is 0.103. The highest BCUT2D eigenvalue weighted by Crippen LogP contribution is 2.28. The van der Waals surface area contributed by atoms with Crippen LogP contribution in [0.4, 0.5) is 5.69 Å². The van der Waals surface area contributed by atoms with Crippen LogP contribution in [0.2, 0.25) is 0 Å². The first-order valence-electron chi connectivity index (χ1n) is 11.2. The minimum Gasteiger partial charge on any atom is -0.348 e. The molecule has 0 heterocycles.